The first kappa shape index (κ1) is 18.3. The SMILES string of the molecule is COc1ccc(S(=O)(=O)Nc2ccc(C)c(N3CCCC3=O)c2)c(C)c1. The lowest BCUT2D eigenvalue weighted by Crippen LogP contribution is -2.24. The molecule has 1 heterocycles. The van der Waals surface area contributed by atoms with E-state index in [-0.39, 0.29) is 10.8 Å². The van der Waals surface area contributed by atoms with Gasteiger partial charge in [0.1, 0.15) is 5.75 Å². The van der Waals surface area contributed by atoms with Crippen LogP contribution in [0.2, 0.25) is 0 Å². The van der Waals surface area contributed by atoms with Crippen LogP contribution in [0.15, 0.2) is 41.3 Å². The van der Waals surface area contributed by atoms with Crippen molar-refractivity contribution in [1.82, 2.24) is 0 Å². The number of rotatable bonds is 5. The molecule has 0 bridgehead atoms. The van der Waals surface area contributed by atoms with E-state index < -0.39 is 10.0 Å². The average molecular weight is 374 g/mol. The molecule has 1 saturated heterocycles. The van der Waals surface area contributed by atoms with E-state index in [4.69, 9.17) is 4.74 Å². The van der Waals surface area contributed by atoms with Crippen LogP contribution in [-0.4, -0.2) is 28.0 Å². The van der Waals surface area contributed by atoms with Gasteiger partial charge in [0.05, 0.1) is 17.7 Å². The second-order valence-corrected chi connectivity index (χ2v) is 8.04. The summed E-state index contributed by atoms with van der Waals surface area (Å²) in [5, 5.41) is 0. The molecule has 2 aromatic carbocycles. The molecule has 3 rings (SSSR count). The van der Waals surface area contributed by atoms with Crippen molar-refractivity contribution in [2.75, 3.05) is 23.3 Å². The number of anilines is 2. The molecule has 0 aromatic heterocycles. The third-order valence-corrected chi connectivity index (χ3v) is 6.04. The van der Waals surface area contributed by atoms with Crippen LogP contribution in [0.25, 0.3) is 0 Å². The maximum atomic E-state index is 12.8. The van der Waals surface area contributed by atoms with Gasteiger partial charge in [0.25, 0.3) is 10.0 Å². The number of hydrogen-bond acceptors (Lipinski definition) is 4. The number of amides is 1. The normalized spacial score (nSPS) is 14.6. The second-order valence-electron chi connectivity index (χ2n) is 6.39. The van der Waals surface area contributed by atoms with Gasteiger partial charge in [-0.2, -0.15) is 0 Å². The van der Waals surface area contributed by atoms with E-state index in [0.29, 0.717) is 30.0 Å². The Hall–Kier alpha value is -2.54. The van der Waals surface area contributed by atoms with E-state index >= 15 is 0 Å². The third-order valence-electron chi connectivity index (χ3n) is 4.50. The molecular weight excluding hydrogens is 352 g/mol. The smallest absolute Gasteiger partial charge is 0.262 e. The molecule has 26 heavy (non-hydrogen) atoms. The molecule has 1 aliphatic rings. The Bertz CT molecular complexity index is 954. The summed E-state index contributed by atoms with van der Waals surface area (Å²) in [6, 6.07) is 10.1. The topological polar surface area (TPSA) is 75.7 Å². The van der Waals surface area contributed by atoms with Gasteiger partial charge in [-0.15, -0.1) is 0 Å². The summed E-state index contributed by atoms with van der Waals surface area (Å²) in [5.74, 6) is 0.672. The quantitative estimate of drug-likeness (QED) is 0.872. The van der Waals surface area contributed by atoms with Gasteiger partial charge >= 0.3 is 0 Å². The number of nitrogens with zero attached hydrogens (tertiary/aromatic N) is 1. The first-order chi connectivity index (χ1) is 12.3. The molecule has 138 valence electrons. The van der Waals surface area contributed by atoms with Gasteiger partial charge in [-0.25, -0.2) is 8.42 Å². The second kappa shape index (κ2) is 6.99. The van der Waals surface area contributed by atoms with Crippen molar-refractivity contribution >= 4 is 27.3 Å². The predicted molar refractivity (Wildman–Crippen MR) is 101 cm³/mol. The number of carbonyl (C=O) groups excluding carboxylic acids is 1. The molecule has 1 amide bonds. The molecule has 1 fully saturated rings. The number of ether oxygens (including phenoxy) is 1. The number of methoxy groups -OCH3 is 1. The van der Waals surface area contributed by atoms with Crippen molar-refractivity contribution in [3.63, 3.8) is 0 Å². The van der Waals surface area contributed by atoms with Gasteiger partial charge in [0.2, 0.25) is 5.91 Å². The lowest BCUT2D eigenvalue weighted by atomic mass is 10.1. The van der Waals surface area contributed by atoms with Gasteiger partial charge in [0, 0.05) is 18.7 Å². The van der Waals surface area contributed by atoms with E-state index in [1.54, 1.807) is 36.1 Å². The van der Waals surface area contributed by atoms with Crippen LogP contribution in [0, 0.1) is 13.8 Å². The number of sulfonamides is 1. The zero-order valence-corrected chi connectivity index (χ0v) is 15.9. The zero-order valence-electron chi connectivity index (χ0n) is 15.1. The van der Waals surface area contributed by atoms with Crippen LogP contribution in [0.3, 0.4) is 0 Å². The van der Waals surface area contributed by atoms with Crippen molar-refractivity contribution in [2.45, 2.75) is 31.6 Å². The summed E-state index contributed by atoms with van der Waals surface area (Å²) in [6.07, 6.45) is 1.35. The highest BCUT2D eigenvalue weighted by Crippen LogP contribution is 2.30. The maximum Gasteiger partial charge on any atom is 0.262 e. The fourth-order valence-corrected chi connectivity index (χ4v) is 4.40. The molecule has 0 spiro atoms. The third kappa shape index (κ3) is 3.53. The minimum atomic E-state index is -3.74. The summed E-state index contributed by atoms with van der Waals surface area (Å²) in [4.78, 5) is 13.9. The monoisotopic (exact) mass is 374 g/mol. The number of carbonyl (C=O) groups is 1. The van der Waals surface area contributed by atoms with Crippen LogP contribution in [-0.2, 0) is 14.8 Å². The van der Waals surface area contributed by atoms with Gasteiger partial charge in [-0.1, -0.05) is 6.07 Å². The number of aryl methyl sites for hydroxylation is 2. The fourth-order valence-electron chi connectivity index (χ4n) is 3.13. The van der Waals surface area contributed by atoms with Gasteiger partial charge in [-0.05, 0) is 61.7 Å². The van der Waals surface area contributed by atoms with Crippen LogP contribution < -0.4 is 14.4 Å². The van der Waals surface area contributed by atoms with Crippen LogP contribution in [0.1, 0.15) is 24.0 Å². The maximum absolute atomic E-state index is 12.8. The number of nitrogens with one attached hydrogen (secondary N) is 1. The summed E-state index contributed by atoms with van der Waals surface area (Å²) in [7, 11) is -2.21. The first-order valence-corrected chi connectivity index (χ1v) is 9.88. The van der Waals surface area contributed by atoms with Crippen molar-refractivity contribution < 1.29 is 17.9 Å². The summed E-state index contributed by atoms with van der Waals surface area (Å²) in [6.45, 7) is 4.29. The standard InChI is InChI=1S/C19H22N2O4S/c1-13-6-7-15(12-17(13)21-10-4-5-19(21)22)20-26(23,24)18-9-8-16(25-3)11-14(18)2/h6-9,11-12,20H,4-5,10H2,1-3H3. The highest BCUT2D eigenvalue weighted by Gasteiger charge is 2.24. The molecule has 0 saturated carbocycles. The molecule has 0 atom stereocenters. The zero-order chi connectivity index (χ0) is 18.9. The Morgan fingerprint density at radius 2 is 1.85 bits per heavy atom. The first-order valence-electron chi connectivity index (χ1n) is 8.40. The van der Waals surface area contributed by atoms with Gasteiger partial charge in [0.15, 0.2) is 0 Å². The Labute approximate surface area is 153 Å². The van der Waals surface area contributed by atoms with Crippen molar-refractivity contribution in [3.05, 3.63) is 47.5 Å². The Kier molecular flexibility index (Phi) is 4.91. The molecule has 0 aliphatic carbocycles. The summed E-state index contributed by atoms with van der Waals surface area (Å²) < 4.78 is 33.3. The molecular formula is C19H22N2O4S. The molecule has 6 nitrogen and oxygen atoms in total. The van der Waals surface area contributed by atoms with Crippen LogP contribution in [0.4, 0.5) is 11.4 Å². The van der Waals surface area contributed by atoms with Crippen molar-refractivity contribution in [1.29, 1.82) is 0 Å². The molecule has 1 N–H and O–H groups in total. The highest BCUT2D eigenvalue weighted by atomic mass is 32.2. The Morgan fingerprint density at radius 3 is 2.46 bits per heavy atom. The highest BCUT2D eigenvalue weighted by molar-refractivity contribution is 7.92. The number of benzene rings is 2. The van der Waals surface area contributed by atoms with Gasteiger partial charge < -0.3 is 9.64 Å². The van der Waals surface area contributed by atoms with Crippen molar-refractivity contribution in [2.24, 2.45) is 0 Å². The largest absolute Gasteiger partial charge is 0.497 e. The average Bonchev–Trinajstić information content (AvgIpc) is 3.01. The van der Waals surface area contributed by atoms with E-state index in [0.717, 1.165) is 17.7 Å². The molecule has 1 aliphatic heterocycles. The van der Waals surface area contributed by atoms with E-state index in [9.17, 15) is 13.2 Å². The van der Waals surface area contributed by atoms with Crippen molar-refractivity contribution in [3.8, 4) is 5.75 Å². The Balaban J connectivity index is 1.92. The molecule has 2 aromatic rings. The van der Waals surface area contributed by atoms with Crippen LogP contribution in [0.5, 0.6) is 5.75 Å². The summed E-state index contributed by atoms with van der Waals surface area (Å²) in [5.41, 5.74) is 2.71. The minimum Gasteiger partial charge on any atom is -0.497 e. The molecule has 7 heteroatoms. The number of hydrogen-bond donors (Lipinski definition) is 1. The lowest BCUT2D eigenvalue weighted by Gasteiger charge is -2.20. The molecule has 0 radical (unpaired) electrons. The fraction of sp³-hybridized carbons (Fsp3) is 0.316. The minimum absolute atomic E-state index is 0.0686. The Morgan fingerprint density at radius 1 is 1.08 bits per heavy atom. The van der Waals surface area contributed by atoms with Crippen LogP contribution >= 0.6 is 0 Å². The van der Waals surface area contributed by atoms with E-state index in [1.807, 2.05) is 13.0 Å². The van der Waals surface area contributed by atoms with Gasteiger partial charge in [-0.3, -0.25) is 9.52 Å². The predicted octanol–water partition coefficient (Wildman–Crippen LogP) is 3.24. The van der Waals surface area contributed by atoms with E-state index in [1.165, 1.54) is 13.2 Å². The van der Waals surface area contributed by atoms with E-state index in [2.05, 4.69) is 4.72 Å². The molecule has 0 unspecified atom stereocenters. The lowest BCUT2D eigenvalue weighted by molar-refractivity contribution is -0.117. The summed E-state index contributed by atoms with van der Waals surface area (Å²) >= 11 is 0.